The number of thiophene rings is 1. The number of esters is 1. The van der Waals surface area contributed by atoms with Crippen LogP contribution in [0.5, 0.6) is 0 Å². The number of amides is 1. The first-order valence-corrected chi connectivity index (χ1v) is 9.92. The summed E-state index contributed by atoms with van der Waals surface area (Å²) in [7, 11) is 0. The van der Waals surface area contributed by atoms with E-state index in [9.17, 15) is 9.59 Å². The Morgan fingerprint density at radius 1 is 1.04 bits per heavy atom. The van der Waals surface area contributed by atoms with Crippen LogP contribution in [-0.2, 0) is 22.4 Å². The molecule has 5 heteroatoms. The molecule has 0 spiro atoms. The Morgan fingerprint density at radius 3 is 2.46 bits per heavy atom. The lowest BCUT2D eigenvalue weighted by molar-refractivity contribution is -0.119. The van der Waals surface area contributed by atoms with Gasteiger partial charge in [-0.2, -0.15) is 0 Å². The van der Waals surface area contributed by atoms with Crippen molar-refractivity contribution in [3.63, 3.8) is 0 Å². The van der Waals surface area contributed by atoms with Crippen molar-refractivity contribution < 1.29 is 14.3 Å². The van der Waals surface area contributed by atoms with Crippen LogP contribution in [0.1, 0.15) is 56.1 Å². The number of anilines is 1. The lowest BCUT2D eigenvalue weighted by atomic mass is 10.1. The molecule has 2 aromatic rings. The Morgan fingerprint density at radius 2 is 1.73 bits per heavy atom. The second kappa shape index (κ2) is 8.04. The number of nitrogens with one attached hydrogen (secondary N) is 1. The van der Waals surface area contributed by atoms with Gasteiger partial charge in [-0.1, -0.05) is 24.1 Å². The zero-order valence-corrected chi connectivity index (χ0v) is 16.4. The Balaban J connectivity index is 1.59. The summed E-state index contributed by atoms with van der Waals surface area (Å²) in [6.07, 6.45) is 5.68. The molecule has 0 atom stereocenters. The smallest absolute Gasteiger partial charge is 0.348 e. The Kier molecular flexibility index (Phi) is 5.77. The van der Waals surface area contributed by atoms with Crippen molar-refractivity contribution in [3.8, 4) is 0 Å². The summed E-state index contributed by atoms with van der Waals surface area (Å²) in [4.78, 5) is 26.4. The number of hydrogen-bond acceptors (Lipinski definition) is 4. The van der Waals surface area contributed by atoms with Crippen LogP contribution in [-0.4, -0.2) is 18.5 Å². The van der Waals surface area contributed by atoms with Crippen molar-refractivity contribution in [2.24, 2.45) is 0 Å². The van der Waals surface area contributed by atoms with Crippen LogP contribution in [0.4, 0.5) is 5.69 Å². The van der Waals surface area contributed by atoms with Crippen LogP contribution in [0.15, 0.2) is 18.2 Å². The molecule has 1 N–H and O–H groups in total. The van der Waals surface area contributed by atoms with E-state index in [0.29, 0.717) is 4.88 Å². The molecule has 1 aliphatic rings. The number of fused-ring (bicyclic) bond motifs is 1. The molecule has 138 valence electrons. The van der Waals surface area contributed by atoms with Crippen LogP contribution in [0, 0.1) is 20.8 Å². The fraction of sp³-hybridized carbons (Fsp3) is 0.429. The molecular weight excluding hydrogens is 346 g/mol. The van der Waals surface area contributed by atoms with Crippen molar-refractivity contribution in [1.29, 1.82) is 0 Å². The monoisotopic (exact) mass is 371 g/mol. The molecule has 1 amide bonds. The second-order valence-electron chi connectivity index (χ2n) is 7.02. The van der Waals surface area contributed by atoms with Crippen molar-refractivity contribution in [2.45, 2.75) is 52.9 Å². The molecule has 4 nitrogen and oxygen atoms in total. The second-order valence-corrected chi connectivity index (χ2v) is 8.15. The van der Waals surface area contributed by atoms with Gasteiger partial charge in [0.2, 0.25) is 0 Å². The lowest BCUT2D eigenvalue weighted by Crippen LogP contribution is -2.21. The molecule has 1 heterocycles. The van der Waals surface area contributed by atoms with E-state index in [4.69, 9.17) is 4.74 Å². The quantitative estimate of drug-likeness (QED) is 0.624. The number of aryl methyl sites for hydroxylation is 5. The van der Waals surface area contributed by atoms with E-state index in [1.807, 2.05) is 39.0 Å². The summed E-state index contributed by atoms with van der Waals surface area (Å²) in [5.74, 6) is -0.720. The largest absolute Gasteiger partial charge is 0.451 e. The maximum atomic E-state index is 12.3. The number of carbonyl (C=O) groups is 2. The fourth-order valence-electron chi connectivity index (χ4n) is 3.52. The third-order valence-corrected chi connectivity index (χ3v) is 5.94. The number of ether oxygens (including phenoxy) is 1. The molecule has 1 aliphatic carbocycles. The summed E-state index contributed by atoms with van der Waals surface area (Å²) >= 11 is 1.51. The molecule has 0 saturated heterocycles. The van der Waals surface area contributed by atoms with E-state index in [-0.39, 0.29) is 12.5 Å². The van der Waals surface area contributed by atoms with Crippen molar-refractivity contribution >= 4 is 28.9 Å². The minimum atomic E-state index is -0.407. The van der Waals surface area contributed by atoms with E-state index in [0.717, 1.165) is 35.2 Å². The molecule has 1 aromatic carbocycles. The number of rotatable bonds is 4. The summed E-state index contributed by atoms with van der Waals surface area (Å²) in [5, 5.41) is 2.86. The first-order chi connectivity index (χ1) is 12.4. The van der Waals surface area contributed by atoms with Crippen LogP contribution >= 0.6 is 11.3 Å². The standard InChI is InChI=1S/C21H25NO3S/c1-13-9-14(2)20(15(3)10-13)22-19(23)12-25-21(24)18-11-16-7-5-4-6-8-17(16)26-18/h9-11H,4-8,12H2,1-3H3,(H,22,23). The fourth-order valence-corrected chi connectivity index (χ4v) is 4.67. The SMILES string of the molecule is Cc1cc(C)c(NC(=O)COC(=O)c2cc3c(s2)CCCCC3)c(C)c1. The van der Waals surface area contributed by atoms with Gasteiger partial charge in [0.05, 0.1) is 0 Å². The molecule has 0 bridgehead atoms. The Bertz CT molecular complexity index is 791. The molecule has 26 heavy (non-hydrogen) atoms. The first kappa shape index (κ1) is 18.6. The third kappa shape index (κ3) is 4.33. The highest BCUT2D eigenvalue weighted by Gasteiger charge is 2.18. The van der Waals surface area contributed by atoms with Gasteiger partial charge < -0.3 is 10.1 Å². The zero-order valence-electron chi connectivity index (χ0n) is 15.6. The van der Waals surface area contributed by atoms with Crippen molar-refractivity contribution in [1.82, 2.24) is 0 Å². The minimum Gasteiger partial charge on any atom is -0.451 e. The molecule has 0 aliphatic heterocycles. The van der Waals surface area contributed by atoms with Crippen LogP contribution in [0.3, 0.4) is 0 Å². The molecule has 3 rings (SSSR count). The van der Waals surface area contributed by atoms with Gasteiger partial charge in [0.25, 0.3) is 5.91 Å². The van der Waals surface area contributed by atoms with E-state index in [1.54, 1.807) is 0 Å². The molecule has 0 saturated carbocycles. The van der Waals surface area contributed by atoms with Gasteiger partial charge in [0.1, 0.15) is 4.88 Å². The van der Waals surface area contributed by atoms with E-state index in [2.05, 4.69) is 5.32 Å². The van der Waals surface area contributed by atoms with E-state index >= 15 is 0 Å². The lowest BCUT2D eigenvalue weighted by Gasteiger charge is -2.12. The third-order valence-electron chi connectivity index (χ3n) is 4.72. The highest BCUT2D eigenvalue weighted by atomic mass is 32.1. The number of carbonyl (C=O) groups excluding carboxylic acids is 2. The topological polar surface area (TPSA) is 55.4 Å². The summed E-state index contributed by atoms with van der Waals surface area (Å²) in [6, 6.07) is 5.99. The van der Waals surface area contributed by atoms with Gasteiger partial charge in [0.15, 0.2) is 6.61 Å². The van der Waals surface area contributed by atoms with Crippen molar-refractivity contribution in [3.05, 3.63) is 50.2 Å². The van der Waals surface area contributed by atoms with Crippen LogP contribution in [0.2, 0.25) is 0 Å². The zero-order chi connectivity index (χ0) is 18.7. The molecule has 0 radical (unpaired) electrons. The van der Waals surface area contributed by atoms with E-state index < -0.39 is 5.97 Å². The predicted molar refractivity (Wildman–Crippen MR) is 105 cm³/mol. The van der Waals surface area contributed by atoms with Crippen LogP contribution in [0.25, 0.3) is 0 Å². The minimum absolute atomic E-state index is 0.270. The van der Waals surface area contributed by atoms with Gasteiger partial charge in [-0.25, -0.2) is 4.79 Å². The summed E-state index contributed by atoms with van der Waals surface area (Å²) < 4.78 is 5.23. The van der Waals surface area contributed by atoms with Gasteiger partial charge >= 0.3 is 5.97 Å². The molecule has 0 fully saturated rings. The van der Waals surface area contributed by atoms with Crippen LogP contribution < -0.4 is 5.32 Å². The summed E-state index contributed by atoms with van der Waals surface area (Å²) in [5.41, 5.74) is 5.23. The highest BCUT2D eigenvalue weighted by molar-refractivity contribution is 7.14. The molecule has 1 aromatic heterocycles. The van der Waals surface area contributed by atoms with Gasteiger partial charge in [-0.15, -0.1) is 11.3 Å². The molecule has 0 unspecified atom stereocenters. The van der Waals surface area contributed by atoms with Gasteiger partial charge in [-0.3, -0.25) is 4.79 Å². The number of benzene rings is 1. The average molecular weight is 372 g/mol. The van der Waals surface area contributed by atoms with Crippen molar-refractivity contribution in [2.75, 3.05) is 11.9 Å². The van der Waals surface area contributed by atoms with E-state index in [1.165, 1.54) is 41.0 Å². The first-order valence-electron chi connectivity index (χ1n) is 9.10. The highest BCUT2D eigenvalue weighted by Crippen LogP contribution is 2.29. The average Bonchev–Trinajstić information content (AvgIpc) is 2.87. The maximum Gasteiger partial charge on any atom is 0.348 e. The maximum absolute atomic E-state index is 12.3. The summed E-state index contributed by atoms with van der Waals surface area (Å²) in [6.45, 7) is 5.67. The normalized spacial score (nSPS) is 13.7. The Hall–Kier alpha value is -2.14. The van der Waals surface area contributed by atoms with Gasteiger partial charge in [-0.05, 0) is 69.2 Å². The Labute approximate surface area is 158 Å². The predicted octanol–water partition coefficient (Wildman–Crippen LogP) is 4.74. The van der Waals surface area contributed by atoms with Gasteiger partial charge in [0, 0.05) is 10.6 Å². The molecular formula is C21H25NO3S. The number of hydrogen-bond donors (Lipinski definition) is 1.